The van der Waals surface area contributed by atoms with E-state index in [4.69, 9.17) is 0 Å². The van der Waals surface area contributed by atoms with Crippen LogP contribution < -0.4 is 10.6 Å². The molecule has 2 N–H and O–H groups in total. The molecule has 5 heteroatoms. The van der Waals surface area contributed by atoms with Crippen molar-refractivity contribution < 1.29 is 9.59 Å². The van der Waals surface area contributed by atoms with Crippen LogP contribution in [0.3, 0.4) is 0 Å². The van der Waals surface area contributed by atoms with Crippen molar-refractivity contribution in [3.8, 4) is 0 Å². The smallest absolute Gasteiger partial charge is 0.255 e. The van der Waals surface area contributed by atoms with E-state index < -0.39 is 0 Å². The SMILES string of the molecule is CC(NC(=O)c1ccc(NC(=O)c2ccncc2)cc1)c1ccccc1. The fourth-order valence-corrected chi connectivity index (χ4v) is 2.52. The van der Waals surface area contributed by atoms with Crippen LogP contribution in [-0.2, 0) is 0 Å². The Morgan fingerprint density at radius 3 is 2.08 bits per heavy atom. The Balaban J connectivity index is 1.62. The van der Waals surface area contributed by atoms with Gasteiger partial charge in [0.15, 0.2) is 0 Å². The number of rotatable bonds is 5. The molecule has 3 aromatic rings. The fraction of sp³-hybridized carbons (Fsp3) is 0.0952. The maximum atomic E-state index is 12.4. The minimum Gasteiger partial charge on any atom is -0.346 e. The van der Waals surface area contributed by atoms with Crippen LogP contribution in [-0.4, -0.2) is 16.8 Å². The molecule has 0 aliphatic carbocycles. The van der Waals surface area contributed by atoms with Crippen molar-refractivity contribution in [2.75, 3.05) is 5.32 Å². The van der Waals surface area contributed by atoms with E-state index in [2.05, 4.69) is 15.6 Å². The number of benzene rings is 2. The molecular formula is C21H19N3O2. The lowest BCUT2D eigenvalue weighted by molar-refractivity contribution is 0.0939. The lowest BCUT2D eigenvalue weighted by Gasteiger charge is -2.14. The molecule has 0 aliphatic rings. The molecule has 0 radical (unpaired) electrons. The highest BCUT2D eigenvalue weighted by molar-refractivity contribution is 6.04. The number of carbonyl (C=O) groups excluding carboxylic acids is 2. The van der Waals surface area contributed by atoms with Gasteiger partial charge in [0, 0.05) is 29.2 Å². The summed E-state index contributed by atoms with van der Waals surface area (Å²) in [6, 6.07) is 19.8. The molecule has 1 heterocycles. The largest absolute Gasteiger partial charge is 0.346 e. The number of aromatic nitrogens is 1. The van der Waals surface area contributed by atoms with Crippen molar-refractivity contribution in [2.45, 2.75) is 13.0 Å². The number of pyridine rings is 1. The van der Waals surface area contributed by atoms with Crippen molar-refractivity contribution in [1.29, 1.82) is 0 Å². The van der Waals surface area contributed by atoms with Crippen molar-refractivity contribution in [3.63, 3.8) is 0 Å². The number of hydrogen-bond acceptors (Lipinski definition) is 3. The third kappa shape index (κ3) is 4.33. The van der Waals surface area contributed by atoms with E-state index in [0.29, 0.717) is 16.8 Å². The third-order valence-electron chi connectivity index (χ3n) is 3.99. The van der Waals surface area contributed by atoms with Crippen LogP contribution in [0.2, 0.25) is 0 Å². The summed E-state index contributed by atoms with van der Waals surface area (Å²) in [5, 5.41) is 5.76. The van der Waals surface area contributed by atoms with Gasteiger partial charge in [-0.2, -0.15) is 0 Å². The minimum atomic E-state index is -0.220. The Labute approximate surface area is 152 Å². The van der Waals surface area contributed by atoms with Crippen LogP contribution in [0.15, 0.2) is 79.1 Å². The van der Waals surface area contributed by atoms with Gasteiger partial charge in [0.25, 0.3) is 11.8 Å². The van der Waals surface area contributed by atoms with Gasteiger partial charge in [-0.1, -0.05) is 30.3 Å². The molecule has 1 aromatic heterocycles. The number of nitrogens with one attached hydrogen (secondary N) is 2. The van der Waals surface area contributed by atoms with Gasteiger partial charge in [0.05, 0.1) is 6.04 Å². The highest BCUT2D eigenvalue weighted by Crippen LogP contribution is 2.14. The summed E-state index contributed by atoms with van der Waals surface area (Å²) in [6.07, 6.45) is 3.13. The van der Waals surface area contributed by atoms with E-state index in [-0.39, 0.29) is 17.9 Å². The zero-order valence-electron chi connectivity index (χ0n) is 14.3. The summed E-state index contributed by atoms with van der Waals surface area (Å²) in [7, 11) is 0. The van der Waals surface area contributed by atoms with Crippen LogP contribution in [0.5, 0.6) is 0 Å². The summed E-state index contributed by atoms with van der Waals surface area (Å²) >= 11 is 0. The monoisotopic (exact) mass is 345 g/mol. The van der Waals surface area contributed by atoms with Crippen molar-refractivity contribution in [3.05, 3.63) is 95.8 Å². The summed E-state index contributed by atoms with van der Waals surface area (Å²) in [6.45, 7) is 1.94. The molecule has 130 valence electrons. The number of nitrogens with zero attached hydrogens (tertiary/aromatic N) is 1. The summed E-state index contributed by atoms with van der Waals surface area (Å²) < 4.78 is 0. The fourth-order valence-electron chi connectivity index (χ4n) is 2.52. The second kappa shape index (κ2) is 8.07. The second-order valence-electron chi connectivity index (χ2n) is 5.87. The molecule has 0 saturated carbocycles. The molecule has 0 spiro atoms. The predicted octanol–water partition coefficient (Wildman–Crippen LogP) is 3.82. The molecule has 3 rings (SSSR count). The molecule has 2 amide bonds. The molecular weight excluding hydrogens is 326 g/mol. The van der Waals surface area contributed by atoms with Crippen molar-refractivity contribution in [2.24, 2.45) is 0 Å². The van der Waals surface area contributed by atoms with E-state index >= 15 is 0 Å². The molecule has 0 fully saturated rings. The van der Waals surface area contributed by atoms with Crippen molar-refractivity contribution >= 4 is 17.5 Å². The molecule has 1 atom stereocenters. The molecule has 5 nitrogen and oxygen atoms in total. The summed E-state index contributed by atoms with van der Waals surface area (Å²) in [5.74, 6) is -0.379. The average Bonchev–Trinajstić information content (AvgIpc) is 2.69. The third-order valence-corrected chi connectivity index (χ3v) is 3.99. The Morgan fingerprint density at radius 1 is 0.808 bits per heavy atom. The quantitative estimate of drug-likeness (QED) is 0.738. The van der Waals surface area contributed by atoms with E-state index in [1.807, 2.05) is 37.3 Å². The number of hydrogen-bond donors (Lipinski definition) is 2. The maximum absolute atomic E-state index is 12.4. The van der Waals surface area contributed by atoms with E-state index in [9.17, 15) is 9.59 Å². The van der Waals surface area contributed by atoms with Crippen LogP contribution in [0, 0.1) is 0 Å². The highest BCUT2D eigenvalue weighted by atomic mass is 16.2. The number of carbonyl (C=O) groups is 2. The first-order chi connectivity index (χ1) is 12.6. The second-order valence-corrected chi connectivity index (χ2v) is 5.87. The molecule has 0 saturated heterocycles. The standard InChI is InChI=1S/C21H19N3O2/c1-15(16-5-3-2-4-6-16)23-20(25)17-7-9-19(10-8-17)24-21(26)18-11-13-22-14-12-18/h2-15H,1H3,(H,23,25)(H,24,26). The van der Waals surface area contributed by atoms with Crippen LogP contribution in [0.25, 0.3) is 0 Å². The molecule has 1 unspecified atom stereocenters. The number of anilines is 1. The van der Waals surface area contributed by atoms with Gasteiger partial charge in [-0.15, -0.1) is 0 Å². The molecule has 0 bridgehead atoms. The average molecular weight is 345 g/mol. The summed E-state index contributed by atoms with van der Waals surface area (Å²) in [5.41, 5.74) is 2.73. The first kappa shape index (κ1) is 17.4. The molecule has 26 heavy (non-hydrogen) atoms. The normalized spacial score (nSPS) is 11.4. The Kier molecular flexibility index (Phi) is 5.39. The molecule has 2 aromatic carbocycles. The lowest BCUT2D eigenvalue weighted by Crippen LogP contribution is -2.26. The van der Waals surface area contributed by atoms with E-state index in [1.165, 1.54) is 0 Å². The van der Waals surface area contributed by atoms with Gasteiger partial charge >= 0.3 is 0 Å². The highest BCUT2D eigenvalue weighted by Gasteiger charge is 2.11. The molecule has 0 aliphatic heterocycles. The van der Waals surface area contributed by atoms with Crippen molar-refractivity contribution in [1.82, 2.24) is 10.3 Å². The van der Waals surface area contributed by atoms with Gasteiger partial charge in [0.1, 0.15) is 0 Å². The Morgan fingerprint density at radius 2 is 1.42 bits per heavy atom. The van der Waals surface area contributed by atoms with E-state index in [0.717, 1.165) is 5.56 Å². The zero-order chi connectivity index (χ0) is 18.4. The van der Waals surface area contributed by atoms with Gasteiger partial charge in [0.2, 0.25) is 0 Å². The summed E-state index contributed by atoms with van der Waals surface area (Å²) in [4.78, 5) is 28.4. The van der Waals surface area contributed by atoms with Gasteiger partial charge in [-0.25, -0.2) is 0 Å². The number of amides is 2. The first-order valence-electron chi connectivity index (χ1n) is 8.31. The first-order valence-corrected chi connectivity index (χ1v) is 8.31. The predicted molar refractivity (Wildman–Crippen MR) is 101 cm³/mol. The van der Waals surface area contributed by atoms with E-state index in [1.54, 1.807) is 48.8 Å². The van der Waals surface area contributed by atoms with Crippen LogP contribution in [0.1, 0.15) is 39.2 Å². The topological polar surface area (TPSA) is 71.1 Å². The van der Waals surface area contributed by atoms with Crippen LogP contribution in [0.4, 0.5) is 5.69 Å². The van der Waals surface area contributed by atoms with Gasteiger partial charge < -0.3 is 10.6 Å². The minimum absolute atomic E-state index is 0.0882. The maximum Gasteiger partial charge on any atom is 0.255 e. The van der Waals surface area contributed by atoms with Crippen LogP contribution >= 0.6 is 0 Å². The van der Waals surface area contributed by atoms with Gasteiger partial charge in [-0.05, 0) is 48.9 Å². The lowest BCUT2D eigenvalue weighted by atomic mass is 10.1. The van der Waals surface area contributed by atoms with Gasteiger partial charge in [-0.3, -0.25) is 14.6 Å². The Hall–Kier alpha value is -3.47. The Bertz CT molecular complexity index is 878. The zero-order valence-corrected chi connectivity index (χ0v) is 14.3.